The summed E-state index contributed by atoms with van der Waals surface area (Å²) in [4.78, 5) is 29.8. The maximum absolute atomic E-state index is 16.3. The number of halogens is 1. The van der Waals surface area contributed by atoms with Crippen LogP contribution in [0.2, 0.25) is 0 Å². The molecule has 3 fully saturated rings. The average molecular weight is 699 g/mol. The number of anilines is 3. The highest BCUT2D eigenvalue weighted by Gasteiger charge is 2.43. The molecule has 1 spiro atoms. The first-order chi connectivity index (χ1) is 24.7. The van der Waals surface area contributed by atoms with Crippen molar-refractivity contribution in [3.05, 3.63) is 76.1 Å². The summed E-state index contributed by atoms with van der Waals surface area (Å²) in [6, 6.07) is 9.31. The lowest BCUT2D eigenvalue weighted by Gasteiger charge is -2.41. The van der Waals surface area contributed by atoms with Crippen LogP contribution in [0.5, 0.6) is 11.6 Å². The van der Waals surface area contributed by atoms with Crippen LogP contribution in [0.1, 0.15) is 56.2 Å². The van der Waals surface area contributed by atoms with E-state index in [2.05, 4.69) is 36.2 Å². The summed E-state index contributed by atoms with van der Waals surface area (Å²) in [5, 5.41) is 0.345. The number of hydrogen-bond acceptors (Lipinski definition) is 11. The zero-order valence-electron chi connectivity index (χ0n) is 29.4. The van der Waals surface area contributed by atoms with Crippen molar-refractivity contribution in [2.45, 2.75) is 75.8 Å². The monoisotopic (exact) mass is 698 g/mol. The second-order valence-corrected chi connectivity index (χ2v) is 14.7. The summed E-state index contributed by atoms with van der Waals surface area (Å²) < 4.78 is 36.3. The van der Waals surface area contributed by atoms with Crippen molar-refractivity contribution in [3.63, 3.8) is 0 Å². The van der Waals surface area contributed by atoms with E-state index >= 15 is 4.39 Å². The number of nitrogens with two attached hydrogens (primary N) is 2. The van der Waals surface area contributed by atoms with Gasteiger partial charge in [0.2, 0.25) is 5.88 Å². The summed E-state index contributed by atoms with van der Waals surface area (Å²) in [5.74, 6) is 1.04. The van der Waals surface area contributed by atoms with Gasteiger partial charge in [-0.15, -0.1) is 0 Å². The molecule has 4 N–H and O–H groups in total. The lowest BCUT2D eigenvalue weighted by atomic mass is 9.87. The molecule has 270 valence electrons. The van der Waals surface area contributed by atoms with Gasteiger partial charge in [0.05, 0.1) is 48.1 Å². The number of rotatable bonds is 8. The van der Waals surface area contributed by atoms with E-state index in [1.165, 1.54) is 6.07 Å². The molecule has 3 atom stereocenters. The fourth-order valence-corrected chi connectivity index (χ4v) is 8.54. The normalized spacial score (nSPS) is 22.9. The molecular formula is C38H47FN8O4. The molecule has 8 rings (SSSR count). The Labute approximate surface area is 297 Å². The molecule has 0 radical (unpaired) electrons. The van der Waals surface area contributed by atoms with Crippen LogP contribution in [0.25, 0.3) is 10.9 Å². The van der Waals surface area contributed by atoms with Crippen molar-refractivity contribution in [2.75, 3.05) is 62.0 Å². The number of pyridine rings is 3. The van der Waals surface area contributed by atoms with Crippen molar-refractivity contribution >= 4 is 28.1 Å². The average Bonchev–Trinajstić information content (AvgIpc) is 3.51. The predicted octanol–water partition coefficient (Wildman–Crippen LogP) is 4.23. The maximum atomic E-state index is 16.3. The van der Waals surface area contributed by atoms with Gasteiger partial charge < -0.3 is 40.0 Å². The molecule has 0 aliphatic carbocycles. The van der Waals surface area contributed by atoms with E-state index in [-0.39, 0.29) is 29.2 Å². The second-order valence-electron chi connectivity index (χ2n) is 14.7. The molecule has 4 aliphatic rings. The van der Waals surface area contributed by atoms with Gasteiger partial charge in [0.15, 0.2) is 17.0 Å². The summed E-state index contributed by atoms with van der Waals surface area (Å²) in [6.45, 7) is 6.91. The van der Waals surface area contributed by atoms with E-state index in [0.717, 1.165) is 56.4 Å². The first kappa shape index (κ1) is 33.7. The summed E-state index contributed by atoms with van der Waals surface area (Å²) in [6.07, 6.45) is 9.85. The lowest BCUT2D eigenvalue weighted by Crippen LogP contribution is -2.48. The standard InChI is InChI=1S/C38H47FN8O4/c1-24-22-50-37-34-30(15-31(39)35(37)44-12-8-38(9-13-44)16-27(40)23-51-38)36(48)26(20-47(24)34)19-46(18-25-7-10-42-33(14-25)49-2)29-4-3-11-45(21-29)28-5-6-32(41)43-17-28/h5-7,10,14-15,17,20,24,27,29H,3-4,8-9,11-13,16,18-19,21-23,40H2,1-2H3,(H2,41,43)/t24?,27?,29-/m0/s1. The highest BCUT2D eigenvalue weighted by atomic mass is 19.1. The van der Waals surface area contributed by atoms with Crippen LogP contribution in [0.4, 0.5) is 21.6 Å². The van der Waals surface area contributed by atoms with E-state index in [9.17, 15) is 4.79 Å². The molecule has 2 unspecified atom stereocenters. The molecule has 0 amide bonds. The molecular weight excluding hydrogens is 651 g/mol. The molecule has 0 saturated carbocycles. The van der Waals surface area contributed by atoms with Gasteiger partial charge >= 0.3 is 0 Å². The minimum atomic E-state index is -0.436. The van der Waals surface area contributed by atoms with Crippen molar-refractivity contribution in [2.24, 2.45) is 5.73 Å². The minimum Gasteiger partial charge on any atom is -0.487 e. The van der Waals surface area contributed by atoms with E-state index < -0.39 is 5.82 Å². The summed E-state index contributed by atoms with van der Waals surface area (Å²) in [5.41, 5.74) is 15.4. The molecule has 51 heavy (non-hydrogen) atoms. The Morgan fingerprint density at radius 3 is 2.69 bits per heavy atom. The number of nitrogen functional groups attached to an aromatic ring is 1. The third kappa shape index (κ3) is 6.47. The Hall–Kier alpha value is -4.46. The van der Waals surface area contributed by atoms with E-state index in [0.29, 0.717) is 79.0 Å². The molecule has 3 aromatic heterocycles. The molecule has 4 aromatic rings. The first-order valence-corrected chi connectivity index (χ1v) is 18.1. The number of aromatic nitrogens is 3. The lowest BCUT2D eigenvalue weighted by molar-refractivity contribution is -0.0149. The fraction of sp³-hybridized carbons (Fsp3) is 0.500. The third-order valence-corrected chi connectivity index (χ3v) is 11.3. The van der Waals surface area contributed by atoms with Gasteiger partial charge in [-0.3, -0.25) is 9.69 Å². The number of methoxy groups -OCH3 is 1. The molecule has 3 saturated heterocycles. The SMILES string of the molecule is COc1cc(CN(Cc2cn3c4c(c(N5CCC6(CC5)CC(N)CO6)c(F)cc4c2=O)OCC3C)[C@H]2CCCN(c3ccc(N)nc3)C2)ccn1. The zero-order chi connectivity index (χ0) is 35.3. The zero-order valence-corrected chi connectivity index (χ0v) is 29.4. The van der Waals surface area contributed by atoms with E-state index in [1.54, 1.807) is 13.3 Å². The molecule has 12 nitrogen and oxygen atoms in total. The fourth-order valence-electron chi connectivity index (χ4n) is 8.54. The van der Waals surface area contributed by atoms with Gasteiger partial charge in [0.25, 0.3) is 0 Å². The maximum Gasteiger partial charge on any atom is 0.213 e. The van der Waals surface area contributed by atoms with Crippen molar-refractivity contribution < 1.29 is 18.6 Å². The Morgan fingerprint density at radius 2 is 1.94 bits per heavy atom. The summed E-state index contributed by atoms with van der Waals surface area (Å²) in [7, 11) is 1.61. The number of piperidine rings is 2. The van der Waals surface area contributed by atoms with Gasteiger partial charge in [-0.05, 0) is 68.9 Å². The van der Waals surface area contributed by atoms with E-state index in [1.807, 2.05) is 36.7 Å². The van der Waals surface area contributed by atoms with Gasteiger partial charge in [0, 0.05) is 75.4 Å². The molecule has 4 aliphatic heterocycles. The van der Waals surface area contributed by atoms with Gasteiger partial charge in [-0.25, -0.2) is 14.4 Å². The molecule has 0 bridgehead atoms. The van der Waals surface area contributed by atoms with Crippen LogP contribution in [0.15, 0.2) is 53.7 Å². The molecule has 13 heteroatoms. The van der Waals surface area contributed by atoms with Crippen LogP contribution < -0.4 is 36.2 Å². The predicted molar refractivity (Wildman–Crippen MR) is 195 cm³/mol. The second kappa shape index (κ2) is 13.6. The van der Waals surface area contributed by atoms with E-state index in [4.69, 9.17) is 25.7 Å². The topological polar surface area (TPSA) is 137 Å². The molecule has 7 heterocycles. The highest BCUT2D eigenvalue weighted by Crippen LogP contribution is 2.45. The van der Waals surface area contributed by atoms with Crippen LogP contribution in [-0.4, -0.2) is 83.6 Å². The first-order valence-electron chi connectivity index (χ1n) is 18.1. The highest BCUT2D eigenvalue weighted by molar-refractivity contribution is 5.92. The minimum absolute atomic E-state index is 0.0447. The number of benzene rings is 1. The third-order valence-electron chi connectivity index (χ3n) is 11.3. The van der Waals surface area contributed by atoms with Crippen molar-refractivity contribution in [3.8, 4) is 11.6 Å². The van der Waals surface area contributed by atoms with Crippen LogP contribution in [0.3, 0.4) is 0 Å². The largest absolute Gasteiger partial charge is 0.487 e. The Kier molecular flexibility index (Phi) is 8.97. The van der Waals surface area contributed by atoms with Gasteiger partial charge in [-0.1, -0.05) is 0 Å². The van der Waals surface area contributed by atoms with Gasteiger partial charge in [-0.2, -0.15) is 0 Å². The van der Waals surface area contributed by atoms with Crippen LogP contribution in [-0.2, 0) is 17.8 Å². The Bertz CT molecular complexity index is 1960. The smallest absolute Gasteiger partial charge is 0.213 e. The Morgan fingerprint density at radius 1 is 1.10 bits per heavy atom. The quantitative estimate of drug-likeness (QED) is 0.274. The summed E-state index contributed by atoms with van der Waals surface area (Å²) >= 11 is 0. The van der Waals surface area contributed by atoms with Crippen LogP contribution in [0, 0.1) is 5.82 Å². The Balaban J connectivity index is 1.14. The van der Waals surface area contributed by atoms with Crippen LogP contribution >= 0.6 is 0 Å². The number of ether oxygens (including phenoxy) is 3. The molecule has 1 aromatic carbocycles. The number of hydrogen-bond donors (Lipinski definition) is 2. The van der Waals surface area contributed by atoms with Gasteiger partial charge in [0.1, 0.15) is 18.1 Å². The van der Waals surface area contributed by atoms with Crippen molar-refractivity contribution in [1.29, 1.82) is 0 Å². The van der Waals surface area contributed by atoms with Crippen molar-refractivity contribution in [1.82, 2.24) is 19.4 Å². The number of nitrogens with zero attached hydrogens (tertiary/aromatic N) is 6.